The molecule has 0 aliphatic carbocycles. The van der Waals surface area contributed by atoms with Gasteiger partial charge in [0.2, 0.25) is 0 Å². The third-order valence-corrected chi connectivity index (χ3v) is 2.00. The monoisotopic (exact) mass is 174 g/mol. The molecule has 0 amide bonds. The van der Waals surface area contributed by atoms with Gasteiger partial charge in [0.15, 0.2) is 0 Å². The normalized spacial score (nSPS) is 13.8. The van der Waals surface area contributed by atoms with Crippen molar-refractivity contribution in [2.24, 2.45) is 11.8 Å². The van der Waals surface area contributed by atoms with Crippen LogP contribution in [0.2, 0.25) is 0 Å². The van der Waals surface area contributed by atoms with Crippen molar-refractivity contribution in [3.63, 3.8) is 0 Å². The smallest absolute Gasteiger partial charge is 0.0477 e. The SMILES string of the molecule is COCCC(CCC(C)C)NN. The highest BCUT2D eigenvalue weighted by Crippen LogP contribution is 2.08. The van der Waals surface area contributed by atoms with Crippen LogP contribution >= 0.6 is 0 Å². The maximum absolute atomic E-state index is 5.39. The number of methoxy groups -OCH3 is 1. The van der Waals surface area contributed by atoms with E-state index in [-0.39, 0.29) is 0 Å². The molecule has 0 spiro atoms. The second-order valence-electron chi connectivity index (χ2n) is 3.62. The molecule has 0 saturated heterocycles. The van der Waals surface area contributed by atoms with E-state index in [4.69, 9.17) is 10.6 Å². The molecule has 0 saturated carbocycles. The first-order chi connectivity index (χ1) is 5.70. The number of nitrogens with two attached hydrogens (primary N) is 1. The molecule has 3 nitrogen and oxygen atoms in total. The average Bonchev–Trinajstić information content (AvgIpc) is 2.05. The molecule has 0 aliphatic heterocycles. The minimum atomic E-state index is 0.410. The van der Waals surface area contributed by atoms with Gasteiger partial charge in [-0.1, -0.05) is 13.8 Å². The standard InChI is InChI=1S/C9H22N2O/c1-8(2)4-5-9(11-10)6-7-12-3/h8-9,11H,4-7,10H2,1-3H3. The molecular formula is C9H22N2O. The van der Waals surface area contributed by atoms with E-state index in [0.717, 1.165) is 25.4 Å². The van der Waals surface area contributed by atoms with Crippen molar-refractivity contribution in [2.75, 3.05) is 13.7 Å². The second-order valence-corrected chi connectivity index (χ2v) is 3.62. The van der Waals surface area contributed by atoms with Gasteiger partial charge in [0, 0.05) is 19.8 Å². The maximum atomic E-state index is 5.39. The number of rotatable bonds is 7. The van der Waals surface area contributed by atoms with Gasteiger partial charge in [0.25, 0.3) is 0 Å². The fourth-order valence-electron chi connectivity index (χ4n) is 1.11. The zero-order valence-electron chi connectivity index (χ0n) is 8.47. The van der Waals surface area contributed by atoms with Crippen LogP contribution in [0.4, 0.5) is 0 Å². The molecule has 3 heteroatoms. The van der Waals surface area contributed by atoms with Crippen LogP contribution in [-0.2, 0) is 4.74 Å². The van der Waals surface area contributed by atoms with E-state index < -0.39 is 0 Å². The lowest BCUT2D eigenvalue weighted by Gasteiger charge is -2.16. The number of hydrogen-bond donors (Lipinski definition) is 2. The predicted molar refractivity (Wildman–Crippen MR) is 51.7 cm³/mol. The zero-order valence-corrected chi connectivity index (χ0v) is 8.47. The number of nitrogens with one attached hydrogen (secondary N) is 1. The summed E-state index contributed by atoms with van der Waals surface area (Å²) < 4.78 is 4.99. The molecule has 3 N–H and O–H groups in total. The molecule has 0 radical (unpaired) electrons. The molecule has 74 valence electrons. The molecular weight excluding hydrogens is 152 g/mol. The third kappa shape index (κ3) is 6.58. The Morgan fingerprint density at radius 2 is 1.92 bits per heavy atom. The average molecular weight is 174 g/mol. The summed E-state index contributed by atoms with van der Waals surface area (Å²) in [6.45, 7) is 5.24. The van der Waals surface area contributed by atoms with Crippen LogP contribution in [0.1, 0.15) is 33.1 Å². The molecule has 0 rings (SSSR count). The van der Waals surface area contributed by atoms with Crippen molar-refractivity contribution in [2.45, 2.75) is 39.2 Å². The fourth-order valence-corrected chi connectivity index (χ4v) is 1.11. The fraction of sp³-hybridized carbons (Fsp3) is 1.00. The minimum absolute atomic E-state index is 0.410. The summed E-state index contributed by atoms with van der Waals surface area (Å²) >= 11 is 0. The van der Waals surface area contributed by atoms with Crippen LogP contribution < -0.4 is 11.3 Å². The van der Waals surface area contributed by atoms with Crippen LogP contribution in [0, 0.1) is 5.92 Å². The molecule has 0 fully saturated rings. The Kier molecular flexibility index (Phi) is 7.45. The lowest BCUT2D eigenvalue weighted by molar-refractivity contribution is 0.179. The molecule has 0 aromatic heterocycles. The van der Waals surface area contributed by atoms with Crippen molar-refractivity contribution in [3.05, 3.63) is 0 Å². The van der Waals surface area contributed by atoms with E-state index in [1.807, 2.05) is 0 Å². The van der Waals surface area contributed by atoms with E-state index in [0.29, 0.717) is 6.04 Å². The van der Waals surface area contributed by atoms with Crippen LogP contribution in [0.25, 0.3) is 0 Å². The lowest BCUT2D eigenvalue weighted by atomic mass is 10.0. The van der Waals surface area contributed by atoms with Crippen molar-refractivity contribution in [1.82, 2.24) is 5.43 Å². The number of ether oxygens (including phenoxy) is 1. The lowest BCUT2D eigenvalue weighted by Crippen LogP contribution is -2.36. The molecule has 12 heavy (non-hydrogen) atoms. The third-order valence-electron chi connectivity index (χ3n) is 2.00. The molecule has 0 bridgehead atoms. The molecule has 0 aliphatic rings. The summed E-state index contributed by atoms with van der Waals surface area (Å²) in [6.07, 6.45) is 3.36. The topological polar surface area (TPSA) is 47.3 Å². The summed E-state index contributed by atoms with van der Waals surface area (Å²) in [4.78, 5) is 0. The summed E-state index contributed by atoms with van der Waals surface area (Å²) in [5.41, 5.74) is 2.81. The summed E-state index contributed by atoms with van der Waals surface area (Å²) in [7, 11) is 1.72. The van der Waals surface area contributed by atoms with Gasteiger partial charge in [0.05, 0.1) is 0 Å². The maximum Gasteiger partial charge on any atom is 0.0477 e. The highest BCUT2D eigenvalue weighted by Gasteiger charge is 2.06. The highest BCUT2D eigenvalue weighted by molar-refractivity contribution is 4.63. The molecule has 0 heterocycles. The largest absolute Gasteiger partial charge is 0.385 e. The first kappa shape index (κ1) is 11.9. The number of hydrogen-bond acceptors (Lipinski definition) is 3. The molecule has 1 unspecified atom stereocenters. The Bertz CT molecular complexity index is 96.5. The highest BCUT2D eigenvalue weighted by atomic mass is 16.5. The number of hydrazine groups is 1. The van der Waals surface area contributed by atoms with Gasteiger partial charge in [-0.05, 0) is 25.2 Å². The minimum Gasteiger partial charge on any atom is -0.385 e. The summed E-state index contributed by atoms with van der Waals surface area (Å²) in [5.74, 6) is 6.15. The van der Waals surface area contributed by atoms with Crippen molar-refractivity contribution < 1.29 is 4.74 Å². The Hall–Kier alpha value is -0.120. The van der Waals surface area contributed by atoms with Crippen LogP contribution in [0.5, 0.6) is 0 Å². The quantitative estimate of drug-likeness (QED) is 0.451. The van der Waals surface area contributed by atoms with Crippen LogP contribution in [-0.4, -0.2) is 19.8 Å². The summed E-state index contributed by atoms with van der Waals surface area (Å²) in [5, 5.41) is 0. The van der Waals surface area contributed by atoms with E-state index >= 15 is 0 Å². The van der Waals surface area contributed by atoms with Gasteiger partial charge < -0.3 is 4.74 Å². The Balaban J connectivity index is 3.39. The first-order valence-corrected chi connectivity index (χ1v) is 4.65. The Morgan fingerprint density at radius 1 is 1.25 bits per heavy atom. The van der Waals surface area contributed by atoms with Gasteiger partial charge in [-0.3, -0.25) is 11.3 Å². The molecule has 0 aromatic rings. The van der Waals surface area contributed by atoms with Crippen molar-refractivity contribution >= 4 is 0 Å². The van der Waals surface area contributed by atoms with Gasteiger partial charge in [-0.25, -0.2) is 0 Å². The van der Waals surface area contributed by atoms with Gasteiger partial charge in [0.1, 0.15) is 0 Å². The van der Waals surface area contributed by atoms with Crippen LogP contribution in [0.15, 0.2) is 0 Å². The Labute approximate surface area is 75.6 Å². The van der Waals surface area contributed by atoms with Gasteiger partial charge in [-0.2, -0.15) is 0 Å². The molecule has 1 atom stereocenters. The second kappa shape index (κ2) is 7.53. The molecule has 0 aromatic carbocycles. The first-order valence-electron chi connectivity index (χ1n) is 4.65. The van der Waals surface area contributed by atoms with E-state index in [9.17, 15) is 0 Å². The van der Waals surface area contributed by atoms with Gasteiger partial charge in [-0.15, -0.1) is 0 Å². The van der Waals surface area contributed by atoms with E-state index in [1.165, 1.54) is 6.42 Å². The summed E-state index contributed by atoms with van der Waals surface area (Å²) in [6, 6.07) is 0.410. The van der Waals surface area contributed by atoms with Crippen molar-refractivity contribution in [3.8, 4) is 0 Å². The zero-order chi connectivity index (χ0) is 9.40. The van der Waals surface area contributed by atoms with E-state index in [1.54, 1.807) is 7.11 Å². The Morgan fingerprint density at radius 3 is 2.33 bits per heavy atom. The van der Waals surface area contributed by atoms with Crippen molar-refractivity contribution in [1.29, 1.82) is 0 Å². The predicted octanol–water partition coefficient (Wildman–Crippen LogP) is 1.29. The van der Waals surface area contributed by atoms with E-state index in [2.05, 4.69) is 19.3 Å². The van der Waals surface area contributed by atoms with Crippen LogP contribution in [0.3, 0.4) is 0 Å². The van der Waals surface area contributed by atoms with Gasteiger partial charge >= 0.3 is 0 Å².